The lowest BCUT2D eigenvalue weighted by Gasteiger charge is -2.27. The number of hydrogen-bond donors (Lipinski definition) is 2. The monoisotopic (exact) mass is 369 g/mol. The Labute approximate surface area is 155 Å². The Balaban J connectivity index is 1.33. The minimum absolute atomic E-state index is 0.0321. The van der Waals surface area contributed by atoms with Gasteiger partial charge in [-0.15, -0.1) is 0 Å². The number of β-lactam (4-membered cyclic amide) rings is 1. The number of ether oxygens (including phenoxy) is 1. The van der Waals surface area contributed by atoms with Crippen molar-refractivity contribution in [2.24, 2.45) is 13.0 Å². The number of benzene rings is 1. The third-order valence-electron chi connectivity index (χ3n) is 4.59. The van der Waals surface area contributed by atoms with E-state index in [4.69, 9.17) is 4.74 Å². The van der Waals surface area contributed by atoms with Crippen LogP contribution in [0, 0.1) is 5.92 Å². The van der Waals surface area contributed by atoms with Gasteiger partial charge in [0.1, 0.15) is 5.75 Å². The molecule has 3 heterocycles. The zero-order valence-electron chi connectivity index (χ0n) is 14.7. The number of aryl methyl sites for hydroxylation is 1. The molecule has 0 saturated carbocycles. The van der Waals surface area contributed by atoms with Gasteiger partial charge in [0.15, 0.2) is 6.23 Å². The van der Waals surface area contributed by atoms with Crippen LogP contribution >= 0.6 is 0 Å². The quantitative estimate of drug-likeness (QED) is 0.753. The van der Waals surface area contributed by atoms with Gasteiger partial charge in [-0.3, -0.25) is 19.1 Å². The molecule has 1 aromatic carbocycles. The van der Waals surface area contributed by atoms with Gasteiger partial charge < -0.3 is 20.3 Å². The molecular weight excluding hydrogens is 350 g/mol. The molecule has 2 aliphatic heterocycles. The molecule has 4 rings (SSSR count). The molecule has 0 radical (unpaired) electrons. The molecule has 140 valence electrons. The number of carbonyl (C=O) groups excluding carboxylic acids is 3. The van der Waals surface area contributed by atoms with Gasteiger partial charge in [0.05, 0.1) is 24.2 Å². The Hall–Kier alpha value is -3.36. The highest BCUT2D eigenvalue weighted by atomic mass is 16.5. The van der Waals surface area contributed by atoms with Gasteiger partial charge in [0.2, 0.25) is 17.7 Å². The first-order valence-corrected chi connectivity index (χ1v) is 8.64. The average Bonchev–Trinajstić information content (AvgIpc) is 3.21. The molecular formula is C18H19N5O4. The van der Waals surface area contributed by atoms with Crippen molar-refractivity contribution in [2.45, 2.75) is 19.1 Å². The topological polar surface area (TPSA) is 106 Å². The van der Waals surface area contributed by atoms with Crippen LogP contribution in [0.5, 0.6) is 5.75 Å². The third-order valence-corrected chi connectivity index (χ3v) is 4.59. The summed E-state index contributed by atoms with van der Waals surface area (Å²) in [5, 5.41) is 9.52. The molecule has 1 aromatic heterocycles. The van der Waals surface area contributed by atoms with Crippen LogP contribution in [0.25, 0.3) is 0 Å². The Morgan fingerprint density at radius 2 is 2.00 bits per heavy atom. The van der Waals surface area contributed by atoms with E-state index in [9.17, 15) is 14.4 Å². The molecule has 3 amide bonds. The minimum atomic E-state index is -0.418. The molecule has 2 atom stereocenters. The fourth-order valence-corrected chi connectivity index (χ4v) is 3.10. The first-order chi connectivity index (χ1) is 13.0. The van der Waals surface area contributed by atoms with Gasteiger partial charge in [-0.2, -0.15) is 5.10 Å². The predicted octanol–water partition coefficient (Wildman–Crippen LogP) is 0.636. The summed E-state index contributed by atoms with van der Waals surface area (Å²) in [6, 6.07) is 6.90. The zero-order chi connectivity index (χ0) is 19.0. The highest BCUT2D eigenvalue weighted by Crippen LogP contribution is 2.26. The summed E-state index contributed by atoms with van der Waals surface area (Å²) >= 11 is 0. The number of carbonyl (C=O) groups is 3. The van der Waals surface area contributed by atoms with E-state index in [1.807, 2.05) is 0 Å². The lowest BCUT2D eigenvalue weighted by molar-refractivity contribution is -0.134. The fraction of sp³-hybridized carbons (Fsp3) is 0.333. The smallest absolute Gasteiger partial charge is 0.229 e. The van der Waals surface area contributed by atoms with Crippen LogP contribution in [0.4, 0.5) is 11.4 Å². The van der Waals surface area contributed by atoms with Crippen molar-refractivity contribution in [3.8, 4) is 5.75 Å². The first-order valence-electron chi connectivity index (χ1n) is 8.64. The maximum atomic E-state index is 12.5. The molecule has 0 aliphatic carbocycles. The van der Waals surface area contributed by atoms with E-state index < -0.39 is 5.92 Å². The summed E-state index contributed by atoms with van der Waals surface area (Å²) in [4.78, 5) is 37.2. The number of hydrogen-bond acceptors (Lipinski definition) is 5. The van der Waals surface area contributed by atoms with Crippen molar-refractivity contribution in [3.05, 3.63) is 36.7 Å². The molecule has 27 heavy (non-hydrogen) atoms. The van der Waals surface area contributed by atoms with E-state index in [0.717, 1.165) is 0 Å². The predicted molar refractivity (Wildman–Crippen MR) is 95.9 cm³/mol. The number of rotatable bonds is 5. The van der Waals surface area contributed by atoms with Crippen molar-refractivity contribution in [2.75, 3.05) is 16.8 Å². The fourth-order valence-electron chi connectivity index (χ4n) is 3.10. The third kappa shape index (κ3) is 3.62. The average molecular weight is 369 g/mol. The SMILES string of the molecule is Cn1cc(N2CC(C(=O)Nc3ccc(OC4CC(=O)N4)cc3)CC2=O)cn1. The van der Waals surface area contributed by atoms with Crippen LogP contribution in [0.15, 0.2) is 36.7 Å². The highest BCUT2D eigenvalue weighted by Gasteiger charge is 2.35. The molecule has 0 spiro atoms. The van der Waals surface area contributed by atoms with E-state index in [0.29, 0.717) is 30.1 Å². The molecule has 9 heteroatoms. The van der Waals surface area contributed by atoms with Crippen LogP contribution in [-0.2, 0) is 21.4 Å². The first kappa shape index (κ1) is 17.1. The van der Waals surface area contributed by atoms with Gasteiger partial charge in [-0.05, 0) is 24.3 Å². The van der Waals surface area contributed by atoms with E-state index in [2.05, 4.69) is 15.7 Å². The summed E-state index contributed by atoms with van der Waals surface area (Å²) in [5.41, 5.74) is 1.32. The second-order valence-corrected chi connectivity index (χ2v) is 6.67. The Bertz CT molecular complexity index is 883. The van der Waals surface area contributed by atoms with E-state index in [-0.39, 0.29) is 30.4 Å². The van der Waals surface area contributed by atoms with E-state index in [1.165, 1.54) is 0 Å². The molecule has 2 aliphatic rings. The molecule has 2 saturated heterocycles. The summed E-state index contributed by atoms with van der Waals surface area (Å²) in [6.07, 6.45) is 3.59. The number of anilines is 2. The van der Waals surface area contributed by atoms with Crippen LogP contribution in [0.1, 0.15) is 12.8 Å². The molecule has 2 fully saturated rings. The van der Waals surface area contributed by atoms with Crippen molar-refractivity contribution < 1.29 is 19.1 Å². The normalized spacial score (nSPS) is 21.6. The Morgan fingerprint density at radius 3 is 2.63 bits per heavy atom. The number of aromatic nitrogens is 2. The number of nitrogens with one attached hydrogen (secondary N) is 2. The standard InChI is InChI=1S/C18H19N5O4/c1-22-10-13(8-19-22)23-9-11(6-17(23)25)18(26)20-12-2-4-14(5-3-12)27-16-7-15(24)21-16/h2-5,8,10-11,16H,6-7,9H2,1H3,(H,20,26)(H,21,24). The lowest BCUT2D eigenvalue weighted by atomic mass is 10.1. The van der Waals surface area contributed by atoms with Gasteiger partial charge in [0.25, 0.3) is 0 Å². The summed E-state index contributed by atoms with van der Waals surface area (Å²) in [7, 11) is 1.78. The van der Waals surface area contributed by atoms with Crippen molar-refractivity contribution in [1.29, 1.82) is 0 Å². The van der Waals surface area contributed by atoms with Crippen molar-refractivity contribution in [3.63, 3.8) is 0 Å². The van der Waals surface area contributed by atoms with Gasteiger partial charge >= 0.3 is 0 Å². The molecule has 2 aromatic rings. The maximum Gasteiger partial charge on any atom is 0.229 e. The number of amides is 3. The summed E-state index contributed by atoms with van der Waals surface area (Å²) < 4.78 is 7.18. The van der Waals surface area contributed by atoms with Crippen LogP contribution in [0.2, 0.25) is 0 Å². The van der Waals surface area contributed by atoms with E-state index >= 15 is 0 Å². The summed E-state index contributed by atoms with van der Waals surface area (Å²) in [5.74, 6) is -0.130. The van der Waals surface area contributed by atoms with Crippen LogP contribution in [0.3, 0.4) is 0 Å². The van der Waals surface area contributed by atoms with Gasteiger partial charge in [-0.25, -0.2) is 0 Å². The van der Waals surface area contributed by atoms with Crippen molar-refractivity contribution >= 4 is 29.1 Å². The molecule has 9 nitrogen and oxygen atoms in total. The van der Waals surface area contributed by atoms with Gasteiger partial charge in [-0.1, -0.05) is 0 Å². The largest absolute Gasteiger partial charge is 0.470 e. The van der Waals surface area contributed by atoms with Crippen LogP contribution < -0.4 is 20.3 Å². The maximum absolute atomic E-state index is 12.5. The van der Waals surface area contributed by atoms with Gasteiger partial charge in [0, 0.05) is 31.9 Å². The lowest BCUT2D eigenvalue weighted by Crippen LogP contribution is -2.51. The minimum Gasteiger partial charge on any atom is -0.470 e. The molecule has 2 N–H and O–H groups in total. The Morgan fingerprint density at radius 1 is 1.26 bits per heavy atom. The van der Waals surface area contributed by atoms with Crippen LogP contribution in [-0.4, -0.2) is 40.3 Å². The van der Waals surface area contributed by atoms with Crippen molar-refractivity contribution in [1.82, 2.24) is 15.1 Å². The second-order valence-electron chi connectivity index (χ2n) is 6.67. The Kier molecular flexibility index (Phi) is 4.27. The number of nitrogens with zero attached hydrogens (tertiary/aromatic N) is 3. The second kappa shape index (κ2) is 6.75. The zero-order valence-corrected chi connectivity index (χ0v) is 14.7. The van der Waals surface area contributed by atoms with E-state index in [1.54, 1.807) is 53.3 Å². The molecule has 0 bridgehead atoms. The highest BCUT2D eigenvalue weighted by molar-refractivity contribution is 6.03. The summed E-state index contributed by atoms with van der Waals surface area (Å²) in [6.45, 7) is 0.332. The molecule has 2 unspecified atom stereocenters.